The zero-order chi connectivity index (χ0) is 11.5. The molecule has 3 N–H and O–H groups in total. The Kier molecular flexibility index (Phi) is 4.05. The predicted molar refractivity (Wildman–Crippen MR) is 67.2 cm³/mol. The Hall–Kier alpha value is -0.670. The van der Waals surface area contributed by atoms with Gasteiger partial charge in [0, 0.05) is 16.3 Å². The van der Waals surface area contributed by atoms with Crippen LogP contribution in [-0.2, 0) is 0 Å². The molecule has 0 bridgehead atoms. The summed E-state index contributed by atoms with van der Waals surface area (Å²) < 4.78 is 0. The van der Waals surface area contributed by atoms with E-state index in [1.54, 1.807) is 11.8 Å². The Morgan fingerprint density at radius 2 is 2.07 bits per heavy atom. The highest BCUT2D eigenvalue weighted by Gasteiger charge is 2.11. The second kappa shape index (κ2) is 4.90. The van der Waals surface area contributed by atoms with Crippen LogP contribution in [0.4, 0.5) is 5.69 Å². The highest BCUT2D eigenvalue weighted by atomic mass is 32.2. The first kappa shape index (κ1) is 12.4. The molecule has 0 amide bonds. The Labute approximate surface area is 95.9 Å². The van der Waals surface area contributed by atoms with Crippen LogP contribution in [0.3, 0.4) is 0 Å². The lowest BCUT2D eigenvalue weighted by Crippen LogP contribution is -2.18. The molecule has 3 heteroatoms. The average molecular weight is 225 g/mol. The molecule has 0 spiro atoms. The summed E-state index contributed by atoms with van der Waals surface area (Å²) in [4.78, 5) is 1.21. The minimum atomic E-state index is -0.574. The van der Waals surface area contributed by atoms with E-state index in [1.807, 2.05) is 32.9 Å². The predicted octanol–water partition coefficient (Wildman–Crippen LogP) is 2.83. The summed E-state index contributed by atoms with van der Waals surface area (Å²) in [5, 5.41) is 9.56. The minimum absolute atomic E-state index is 0.574. The van der Waals surface area contributed by atoms with E-state index in [0.717, 1.165) is 23.4 Å². The second-order valence-electron chi connectivity index (χ2n) is 4.43. The number of rotatable bonds is 4. The van der Waals surface area contributed by atoms with Crippen LogP contribution in [0.5, 0.6) is 0 Å². The lowest BCUT2D eigenvalue weighted by Gasteiger charge is -2.16. The van der Waals surface area contributed by atoms with E-state index in [9.17, 15) is 5.11 Å². The summed E-state index contributed by atoms with van der Waals surface area (Å²) in [5.74, 6) is 0.923. The fourth-order valence-corrected chi connectivity index (χ4v) is 2.42. The van der Waals surface area contributed by atoms with Gasteiger partial charge < -0.3 is 10.8 Å². The molecule has 0 aromatic heterocycles. The van der Waals surface area contributed by atoms with Crippen molar-refractivity contribution in [3.63, 3.8) is 0 Å². The van der Waals surface area contributed by atoms with Crippen molar-refractivity contribution in [1.82, 2.24) is 0 Å². The summed E-state index contributed by atoms with van der Waals surface area (Å²) >= 11 is 1.75. The van der Waals surface area contributed by atoms with Crippen LogP contribution in [0.1, 0.15) is 25.8 Å². The maximum absolute atomic E-state index is 9.56. The van der Waals surface area contributed by atoms with Crippen molar-refractivity contribution in [2.24, 2.45) is 0 Å². The molecule has 0 atom stereocenters. The van der Waals surface area contributed by atoms with Crippen LogP contribution >= 0.6 is 11.8 Å². The first-order valence-electron chi connectivity index (χ1n) is 5.10. The van der Waals surface area contributed by atoms with Gasteiger partial charge in [-0.3, -0.25) is 0 Å². The lowest BCUT2D eigenvalue weighted by atomic mass is 10.1. The van der Waals surface area contributed by atoms with Crippen LogP contribution in [0.2, 0.25) is 0 Å². The van der Waals surface area contributed by atoms with Crippen LogP contribution in [0.15, 0.2) is 23.1 Å². The van der Waals surface area contributed by atoms with Crippen molar-refractivity contribution in [3.8, 4) is 0 Å². The SMILES string of the molecule is Cc1cc(SCCC(C)(C)O)ccc1N. The topological polar surface area (TPSA) is 46.2 Å². The quantitative estimate of drug-likeness (QED) is 0.612. The summed E-state index contributed by atoms with van der Waals surface area (Å²) in [6.07, 6.45) is 0.793. The molecule has 15 heavy (non-hydrogen) atoms. The first-order valence-corrected chi connectivity index (χ1v) is 6.08. The van der Waals surface area contributed by atoms with Gasteiger partial charge in [0.25, 0.3) is 0 Å². The van der Waals surface area contributed by atoms with Gasteiger partial charge in [-0.1, -0.05) is 0 Å². The molecular formula is C12H19NOS. The number of hydrogen-bond donors (Lipinski definition) is 2. The number of nitrogens with two attached hydrogens (primary N) is 1. The number of hydrogen-bond acceptors (Lipinski definition) is 3. The third kappa shape index (κ3) is 4.58. The van der Waals surface area contributed by atoms with Crippen molar-refractivity contribution in [2.75, 3.05) is 11.5 Å². The van der Waals surface area contributed by atoms with Crippen LogP contribution in [-0.4, -0.2) is 16.5 Å². The van der Waals surface area contributed by atoms with E-state index >= 15 is 0 Å². The van der Waals surface area contributed by atoms with E-state index in [0.29, 0.717) is 0 Å². The number of nitrogen functional groups attached to an aromatic ring is 1. The summed E-state index contributed by atoms with van der Waals surface area (Å²) in [6.45, 7) is 5.68. The number of aliphatic hydroxyl groups is 1. The highest BCUT2D eigenvalue weighted by molar-refractivity contribution is 7.99. The molecule has 0 aliphatic heterocycles. The van der Waals surface area contributed by atoms with Gasteiger partial charge in [0.15, 0.2) is 0 Å². The molecule has 1 aromatic carbocycles. The van der Waals surface area contributed by atoms with Crippen molar-refractivity contribution < 1.29 is 5.11 Å². The molecule has 1 aromatic rings. The molecule has 0 unspecified atom stereocenters. The standard InChI is InChI=1S/C12H19NOS/c1-9-8-10(4-5-11(9)13)15-7-6-12(2,3)14/h4-5,8,14H,6-7,13H2,1-3H3. The molecule has 0 heterocycles. The van der Waals surface area contributed by atoms with Crippen LogP contribution in [0, 0.1) is 6.92 Å². The van der Waals surface area contributed by atoms with E-state index in [2.05, 4.69) is 6.07 Å². The normalized spacial score (nSPS) is 11.7. The van der Waals surface area contributed by atoms with E-state index in [1.165, 1.54) is 4.90 Å². The van der Waals surface area contributed by atoms with Gasteiger partial charge in [-0.2, -0.15) is 0 Å². The molecule has 0 fully saturated rings. The maximum Gasteiger partial charge on any atom is 0.0599 e. The fraction of sp³-hybridized carbons (Fsp3) is 0.500. The molecule has 1 rings (SSSR count). The molecule has 0 saturated carbocycles. The highest BCUT2D eigenvalue weighted by Crippen LogP contribution is 2.24. The molecular weight excluding hydrogens is 206 g/mol. The Balaban J connectivity index is 2.48. The largest absolute Gasteiger partial charge is 0.399 e. The third-order valence-corrected chi connectivity index (χ3v) is 3.22. The lowest BCUT2D eigenvalue weighted by molar-refractivity contribution is 0.0778. The molecule has 2 nitrogen and oxygen atoms in total. The zero-order valence-electron chi connectivity index (χ0n) is 9.58. The van der Waals surface area contributed by atoms with E-state index in [-0.39, 0.29) is 0 Å². The van der Waals surface area contributed by atoms with Gasteiger partial charge in [0.1, 0.15) is 0 Å². The fourth-order valence-electron chi connectivity index (χ4n) is 1.16. The molecule has 84 valence electrons. The number of aryl methyl sites for hydroxylation is 1. The molecule has 0 aliphatic carbocycles. The van der Waals surface area contributed by atoms with Gasteiger partial charge in [-0.15, -0.1) is 11.8 Å². The monoisotopic (exact) mass is 225 g/mol. The van der Waals surface area contributed by atoms with E-state index in [4.69, 9.17) is 5.73 Å². The average Bonchev–Trinajstić information content (AvgIpc) is 2.09. The van der Waals surface area contributed by atoms with Crippen molar-refractivity contribution in [1.29, 1.82) is 0 Å². The third-order valence-electron chi connectivity index (χ3n) is 2.22. The van der Waals surface area contributed by atoms with Crippen molar-refractivity contribution in [3.05, 3.63) is 23.8 Å². The second-order valence-corrected chi connectivity index (χ2v) is 5.60. The molecule has 0 radical (unpaired) electrons. The van der Waals surface area contributed by atoms with Gasteiger partial charge >= 0.3 is 0 Å². The molecule has 0 saturated heterocycles. The summed E-state index contributed by atoms with van der Waals surface area (Å²) in [7, 11) is 0. The molecule has 0 aliphatic rings. The van der Waals surface area contributed by atoms with Crippen LogP contribution in [0.25, 0.3) is 0 Å². The zero-order valence-corrected chi connectivity index (χ0v) is 10.4. The van der Waals surface area contributed by atoms with E-state index < -0.39 is 5.60 Å². The van der Waals surface area contributed by atoms with Gasteiger partial charge in [-0.05, 0) is 51.0 Å². The van der Waals surface area contributed by atoms with Gasteiger partial charge in [-0.25, -0.2) is 0 Å². The van der Waals surface area contributed by atoms with Crippen molar-refractivity contribution >= 4 is 17.4 Å². The smallest absolute Gasteiger partial charge is 0.0599 e. The number of anilines is 1. The van der Waals surface area contributed by atoms with Gasteiger partial charge in [0.05, 0.1) is 5.60 Å². The Morgan fingerprint density at radius 3 is 2.60 bits per heavy atom. The van der Waals surface area contributed by atoms with Crippen molar-refractivity contribution in [2.45, 2.75) is 37.7 Å². The Morgan fingerprint density at radius 1 is 1.40 bits per heavy atom. The maximum atomic E-state index is 9.56. The number of benzene rings is 1. The minimum Gasteiger partial charge on any atom is -0.399 e. The summed E-state index contributed by atoms with van der Waals surface area (Å²) in [6, 6.07) is 6.05. The van der Waals surface area contributed by atoms with Gasteiger partial charge in [0.2, 0.25) is 0 Å². The summed E-state index contributed by atoms with van der Waals surface area (Å²) in [5.41, 5.74) is 7.11. The number of thioether (sulfide) groups is 1. The Bertz CT molecular complexity index is 331. The first-order chi connectivity index (χ1) is 6.88. The van der Waals surface area contributed by atoms with Crippen LogP contribution < -0.4 is 5.73 Å².